The van der Waals surface area contributed by atoms with Crippen molar-refractivity contribution in [2.45, 2.75) is 26.4 Å². The third-order valence-corrected chi connectivity index (χ3v) is 2.91. The lowest BCUT2D eigenvalue weighted by atomic mass is 10.3. The monoisotopic (exact) mass is 275 g/mol. The first kappa shape index (κ1) is 14.0. The molecule has 0 saturated heterocycles. The third-order valence-electron chi connectivity index (χ3n) is 2.91. The largest absolute Gasteiger partial charge is 0.481 e. The summed E-state index contributed by atoms with van der Waals surface area (Å²) in [5, 5.41) is 0. The molecule has 0 N–H and O–H groups in total. The Hall–Kier alpha value is -2.37. The van der Waals surface area contributed by atoms with Gasteiger partial charge in [0.2, 0.25) is 5.88 Å². The molecule has 0 saturated carbocycles. The molecule has 0 unspecified atom stereocenters. The summed E-state index contributed by atoms with van der Waals surface area (Å²) in [4.78, 5) is 28.3. The third kappa shape index (κ3) is 2.96. The molecular formula is C14H17N3O3. The number of rotatable bonds is 5. The number of ether oxygens (including phenoxy) is 1. The van der Waals surface area contributed by atoms with Gasteiger partial charge in [0, 0.05) is 24.9 Å². The summed E-state index contributed by atoms with van der Waals surface area (Å²) >= 11 is 0. The highest BCUT2D eigenvalue weighted by Crippen LogP contribution is 2.06. The molecule has 2 rings (SSSR count). The van der Waals surface area contributed by atoms with E-state index in [1.807, 2.05) is 6.92 Å². The number of methoxy groups -OCH3 is 1. The Labute approximate surface area is 116 Å². The molecule has 0 fully saturated rings. The molecule has 0 amide bonds. The zero-order chi connectivity index (χ0) is 14.5. The van der Waals surface area contributed by atoms with Crippen molar-refractivity contribution in [1.82, 2.24) is 14.1 Å². The second-order valence-electron chi connectivity index (χ2n) is 4.39. The summed E-state index contributed by atoms with van der Waals surface area (Å²) in [6.07, 6.45) is 2.36. The molecule has 6 nitrogen and oxygen atoms in total. The van der Waals surface area contributed by atoms with E-state index in [1.165, 1.54) is 28.5 Å². The van der Waals surface area contributed by atoms with Crippen LogP contribution < -0.4 is 16.0 Å². The molecular weight excluding hydrogens is 258 g/mol. The quantitative estimate of drug-likeness (QED) is 0.812. The van der Waals surface area contributed by atoms with E-state index in [4.69, 9.17) is 4.74 Å². The van der Waals surface area contributed by atoms with Crippen LogP contribution in [-0.2, 0) is 13.1 Å². The fourth-order valence-electron chi connectivity index (χ4n) is 1.93. The van der Waals surface area contributed by atoms with Crippen LogP contribution in [0.3, 0.4) is 0 Å². The van der Waals surface area contributed by atoms with Gasteiger partial charge in [-0.3, -0.25) is 9.36 Å². The van der Waals surface area contributed by atoms with E-state index in [0.717, 1.165) is 6.42 Å². The lowest BCUT2D eigenvalue weighted by molar-refractivity contribution is 0.395. The fraction of sp³-hybridized carbons (Fsp3) is 0.357. The summed E-state index contributed by atoms with van der Waals surface area (Å²) in [7, 11) is 1.52. The number of hydrogen-bond donors (Lipinski definition) is 0. The Morgan fingerprint density at radius 3 is 2.75 bits per heavy atom. The molecule has 6 heteroatoms. The minimum absolute atomic E-state index is 0.138. The van der Waals surface area contributed by atoms with Crippen molar-refractivity contribution in [1.29, 1.82) is 0 Å². The zero-order valence-electron chi connectivity index (χ0n) is 11.6. The van der Waals surface area contributed by atoms with Crippen LogP contribution in [0.1, 0.15) is 19.0 Å². The molecule has 20 heavy (non-hydrogen) atoms. The molecule has 0 aliphatic heterocycles. The molecule has 2 aromatic heterocycles. The van der Waals surface area contributed by atoms with Crippen LogP contribution in [0.15, 0.2) is 40.1 Å². The first-order valence-corrected chi connectivity index (χ1v) is 6.46. The molecule has 0 bridgehead atoms. The predicted octanol–water partition coefficient (Wildman–Crippen LogP) is 0.872. The number of hydrogen-bond acceptors (Lipinski definition) is 4. The van der Waals surface area contributed by atoms with Gasteiger partial charge in [0.25, 0.3) is 5.56 Å². The Morgan fingerprint density at radius 2 is 2.05 bits per heavy atom. The molecule has 0 radical (unpaired) electrons. The van der Waals surface area contributed by atoms with E-state index in [0.29, 0.717) is 18.1 Å². The van der Waals surface area contributed by atoms with Gasteiger partial charge in [-0.2, -0.15) is 0 Å². The van der Waals surface area contributed by atoms with E-state index >= 15 is 0 Å². The van der Waals surface area contributed by atoms with E-state index in [1.54, 1.807) is 18.2 Å². The average Bonchev–Trinajstić information content (AvgIpc) is 2.47. The van der Waals surface area contributed by atoms with Crippen LogP contribution >= 0.6 is 0 Å². The highest BCUT2D eigenvalue weighted by atomic mass is 16.5. The maximum atomic E-state index is 12.2. The van der Waals surface area contributed by atoms with Crippen LogP contribution in [0.2, 0.25) is 0 Å². The van der Waals surface area contributed by atoms with Crippen LogP contribution in [0.25, 0.3) is 0 Å². The molecule has 0 spiro atoms. The van der Waals surface area contributed by atoms with Gasteiger partial charge >= 0.3 is 5.69 Å². The molecule has 106 valence electrons. The van der Waals surface area contributed by atoms with Crippen molar-refractivity contribution in [2.75, 3.05) is 7.11 Å². The van der Waals surface area contributed by atoms with Crippen LogP contribution in [0.5, 0.6) is 5.88 Å². The van der Waals surface area contributed by atoms with Crippen LogP contribution in [0.4, 0.5) is 0 Å². The molecule has 0 aromatic carbocycles. The van der Waals surface area contributed by atoms with Crippen molar-refractivity contribution in [2.24, 2.45) is 0 Å². The van der Waals surface area contributed by atoms with Gasteiger partial charge < -0.3 is 9.30 Å². The highest BCUT2D eigenvalue weighted by molar-refractivity contribution is 5.16. The number of aryl methyl sites for hydroxylation is 1. The molecule has 0 aliphatic carbocycles. The smallest absolute Gasteiger partial charge is 0.331 e. The maximum absolute atomic E-state index is 12.2. The lowest BCUT2D eigenvalue weighted by Crippen LogP contribution is -2.39. The Bertz CT molecular complexity index is 703. The van der Waals surface area contributed by atoms with Crippen molar-refractivity contribution in [3.05, 3.63) is 57.0 Å². The Kier molecular flexibility index (Phi) is 4.34. The minimum Gasteiger partial charge on any atom is -0.481 e. The fourth-order valence-corrected chi connectivity index (χ4v) is 1.93. The lowest BCUT2D eigenvalue weighted by Gasteiger charge is -2.09. The standard InChI is InChI=1S/C14H17N3O3/c1-3-8-16-9-7-13(18)17(14(16)19)10-11-5-4-6-12(15-11)20-2/h4-7,9H,3,8,10H2,1-2H3. The van der Waals surface area contributed by atoms with Crippen LogP contribution in [-0.4, -0.2) is 21.2 Å². The van der Waals surface area contributed by atoms with Crippen molar-refractivity contribution in [3.8, 4) is 5.88 Å². The summed E-state index contributed by atoms with van der Waals surface area (Å²) in [5.41, 5.74) is -0.0336. The summed E-state index contributed by atoms with van der Waals surface area (Å²) in [5.74, 6) is 0.459. The Balaban J connectivity index is 2.40. The SMILES string of the molecule is CCCn1ccc(=O)n(Cc2cccc(OC)n2)c1=O. The average molecular weight is 275 g/mol. The number of nitrogens with zero attached hydrogens (tertiary/aromatic N) is 3. The van der Waals surface area contributed by atoms with Gasteiger partial charge in [-0.25, -0.2) is 9.78 Å². The predicted molar refractivity (Wildman–Crippen MR) is 75.1 cm³/mol. The molecule has 2 heterocycles. The number of aromatic nitrogens is 3. The van der Waals surface area contributed by atoms with Gasteiger partial charge in [-0.05, 0) is 12.5 Å². The van der Waals surface area contributed by atoms with Gasteiger partial charge in [0.15, 0.2) is 0 Å². The highest BCUT2D eigenvalue weighted by Gasteiger charge is 2.07. The molecule has 0 aliphatic rings. The van der Waals surface area contributed by atoms with Gasteiger partial charge in [0.05, 0.1) is 19.3 Å². The normalized spacial score (nSPS) is 10.5. The van der Waals surface area contributed by atoms with E-state index in [2.05, 4.69) is 4.98 Å². The number of pyridine rings is 1. The second-order valence-corrected chi connectivity index (χ2v) is 4.39. The first-order valence-electron chi connectivity index (χ1n) is 6.46. The van der Waals surface area contributed by atoms with Gasteiger partial charge in [0.1, 0.15) is 0 Å². The Morgan fingerprint density at radius 1 is 1.25 bits per heavy atom. The van der Waals surface area contributed by atoms with Crippen LogP contribution in [0, 0.1) is 0 Å². The van der Waals surface area contributed by atoms with Crippen molar-refractivity contribution < 1.29 is 4.74 Å². The zero-order valence-corrected chi connectivity index (χ0v) is 11.6. The topological polar surface area (TPSA) is 66.1 Å². The van der Waals surface area contributed by atoms with Gasteiger partial charge in [-0.1, -0.05) is 13.0 Å². The van der Waals surface area contributed by atoms with E-state index in [9.17, 15) is 9.59 Å². The van der Waals surface area contributed by atoms with E-state index in [-0.39, 0.29) is 17.8 Å². The molecule has 0 atom stereocenters. The van der Waals surface area contributed by atoms with Crippen molar-refractivity contribution in [3.63, 3.8) is 0 Å². The summed E-state index contributed by atoms with van der Waals surface area (Å²) in [6.45, 7) is 2.70. The van der Waals surface area contributed by atoms with Crippen molar-refractivity contribution >= 4 is 0 Å². The minimum atomic E-state index is -0.327. The second kappa shape index (κ2) is 6.18. The van der Waals surface area contributed by atoms with Gasteiger partial charge in [-0.15, -0.1) is 0 Å². The summed E-state index contributed by atoms with van der Waals surface area (Å²) < 4.78 is 7.74. The first-order chi connectivity index (χ1) is 9.65. The maximum Gasteiger partial charge on any atom is 0.331 e. The summed E-state index contributed by atoms with van der Waals surface area (Å²) in [6, 6.07) is 6.65. The molecule has 2 aromatic rings. The van der Waals surface area contributed by atoms with E-state index < -0.39 is 0 Å².